The molecule has 0 spiro atoms. The smallest absolute Gasteiger partial charge is 0.131 e. The largest absolute Gasteiger partial charge is 0.457 e. The molecule has 3 heteroatoms. The van der Waals surface area contributed by atoms with Gasteiger partial charge < -0.3 is 4.74 Å². The van der Waals surface area contributed by atoms with Crippen LogP contribution in [0.5, 0.6) is 11.5 Å². The highest BCUT2D eigenvalue weighted by atomic mass is 16.5. The van der Waals surface area contributed by atoms with E-state index in [-0.39, 0.29) is 12.2 Å². The Bertz CT molecular complexity index is 612. The topological polar surface area (TPSA) is 50.1 Å². The summed E-state index contributed by atoms with van der Waals surface area (Å²) in [6, 6.07) is 18.9. The van der Waals surface area contributed by atoms with E-state index in [4.69, 9.17) is 10.00 Å². The highest BCUT2D eigenvalue weighted by Gasteiger charge is 2.12. The van der Waals surface area contributed by atoms with Crippen molar-refractivity contribution in [2.75, 3.05) is 0 Å². The molecule has 20 heavy (non-hydrogen) atoms. The monoisotopic (exact) mass is 265 g/mol. The number of carbonyl (C=O) groups is 1. The average Bonchev–Trinajstić information content (AvgIpc) is 2.46. The average molecular weight is 265 g/mol. The molecule has 2 aromatic carbocycles. The Morgan fingerprint density at radius 2 is 1.70 bits per heavy atom. The summed E-state index contributed by atoms with van der Waals surface area (Å²) in [7, 11) is 0. The molecule has 0 radical (unpaired) electrons. The van der Waals surface area contributed by atoms with E-state index in [0.29, 0.717) is 5.75 Å². The minimum Gasteiger partial charge on any atom is -0.457 e. The zero-order chi connectivity index (χ0) is 14.4. The summed E-state index contributed by atoms with van der Waals surface area (Å²) in [5.74, 6) is 1.10. The maximum Gasteiger partial charge on any atom is 0.131 e. The van der Waals surface area contributed by atoms with Crippen LogP contribution in [0.15, 0.2) is 54.6 Å². The predicted octanol–water partition coefficient (Wildman–Crippen LogP) is 4.07. The standard InChI is InChI=1S/C17H15NO2/c1-13(19)11-15(12-18)14-7-9-17(10-8-14)20-16-5-3-2-4-6-16/h2-10,15H,11H2,1H3. The van der Waals surface area contributed by atoms with Crippen LogP contribution < -0.4 is 4.74 Å². The first-order valence-corrected chi connectivity index (χ1v) is 6.41. The van der Waals surface area contributed by atoms with Gasteiger partial charge in [-0.05, 0) is 36.8 Å². The van der Waals surface area contributed by atoms with Crippen LogP contribution in [0.25, 0.3) is 0 Å². The van der Waals surface area contributed by atoms with Gasteiger partial charge in [-0.1, -0.05) is 30.3 Å². The van der Waals surface area contributed by atoms with Gasteiger partial charge in [0.25, 0.3) is 0 Å². The number of ether oxygens (including phenoxy) is 1. The van der Waals surface area contributed by atoms with E-state index in [0.717, 1.165) is 11.3 Å². The summed E-state index contributed by atoms with van der Waals surface area (Å²) in [6.45, 7) is 1.50. The number of Topliss-reactive ketones (excluding diaryl/α,β-unsaturated/α-hetero) is 1. The Morgan fingerprint density at radius 1 is 1.10 bits per heavy atom. The van der Waals surface area contributed by atoms with Crippen molar-refractivity contribution in [3.05, 3.63) is 60.2 Å². The van der Waals surface area contributed by atoms with E-state index in [1.807, 2.05) is 54.6 Å². The van der Waals surface area contributed by atoms with Crippen molar-refractivity contribution in [3.8, 4) is 17.6 Å². The fourth-order valence-electron chi connectivity index (χ4n) is 1.92. The Labute approximate surface area is 118 Å². The van der Waals surface area contributed by atoms with E-state index < -0.39 is 5.92 Å². The summed E-state index contributed by atoms with van der Waals surface area (Å²) >= 11 is 0. The Balaban J connectivity index is 2.10. The van der Waals surface area contributed by atoms with Crippen molar-refractivity contribution < 1.29 is 9.53 Å². The van der Waals surface area contributed by atoms with E-state index >= 15 is 0 Å². The van der Waals surface area contributed by atoms with Crippen molar-refractivity contribution in [1.82, 2.24) is 0 Å². The van der Waals surface area contributed by atoms with Crippen molar-refractivity contribution in [1.29, 1.82) is 5.26 Å². The predicted molar refractivity (Wildman–Crippen MR) is 76.6 cm³/mol. The fraction of sp³-hybridized carbons (Fsp3) is 0.176. The first kappa shape index (κ1) is 13.8. The zero-order valence-corrected chi connectivity index (χ0v) is 11.2. The van der Waals surface area contributed by atoms with E-state index in [1.54, 1.807) is 0 Å². The van der Waals surface area contributed by atoms with Crippen molar-refractivity contribution in [2.45, 2.75) is 19.3 Å². The summed E-state index contributed by atoms with van der Waals surface area (Å²) < 4.78 is 5.68. The molecule has 3 nitrogen and oxygen atoms in total. The number of rotatable bonds is 5. The molecule has 1 atom stereocenters. The molecule has 100 valence electrons. The molecular weight excluding hydrogens is 250 g/mol. The van der Waals surface area contributed by atoms with Crippen LogP contribution >= 0.6 is 0 Å². The summed E-state index contributed by atoms with van der Waals surface area (Å²) in [5, 5.41) is 9.10. The SMILES string of the molecule is CC(=O)CC(C#N)c1ccc(Oc2ccccc2)cc1. The molecule has 0 aliphatic heterocycles. The van der Waals surface area contributed by atoms with Gasteiger partial charge in [0.2, 0.25) is 0 Å². The third-order valence-electron chi connectivity index (χ3n) is 2.91. The van der Waals surface area contributed by atoms with Crippen molar-refractivity contribution in [3.63, 3.8) is 0 Å². The highest BCUT2D eigenvalue weighted by molar-refractivity contribution is 5.77. The molecule has 1 unspecified atom stereocenters. The molecule has 0 N–H and O–H groups in total. The number of benzene rings is 2. The molecule has 0 aliphatic carbocycles. The van der Waals surface area contributed by atoms with E-state index in [2.05, 4.69) is 6.07 Å². The number of nitrogens with zero attached hydrogens (tertiary/aromatic N) is 1. The lowest BCUT2D eigenvalue weighted by atomic mass is 9.95. The van der Waals surface area contributed by atoms with Crippen LogP contribution in [-0.4, -0.2) is 5.78 Å². The van der Waals surface area contributed by atoms with Gasteiger partial charge >= 0.3 is 0 Å². The summed E-state index contributed by atoms with van der Waals surface area (Å²) in [6.07, 6.45) is 0.245. The lowest BCUT2D eigenvalue weighted by molar-refractivity contribution is -0.117. The second-order valence-corrected chi connectivity index (χ2v) is 4.57. The third kappa shape index (κ3) is 3.69. The molecule has 2 aromatic rings. The normalized spacial score (nSPS) is 11.4. The summed E-state index contributed by atoms with van der Waals surface area (Å²) in [5.41, 5.74) is 0.836. The number of hydrogen-bond acceptors (Lipinski definition) is 3. The molecule has 0 heterocycles. The van der Waals surface area contributed by atoms with Crippen molar-refractivity contribution in [2.24, 2.45) is 0 Å². The van der Waals surface area contributed by atoms with Gasteiger partial charge in [-0.2, -0.15) is 5.26 Å². The van der Waals surface area contributed by atoms with Crippen LogP contribution in [0.3, 0.4) is 0 Å². The number of para-hydroxylation sites is 1. The molecule has 0 saturated carbocycles. The summed E-state index contributed by atoms with van der Waals surface area (Å²) in [4.78, 5) is 11.1. The Kier molecular flexibility index (Phi) is 4.52. The molecule has 0 saturated heterocycles. The molecule has 0 fully saturated rings. The number of ketones is 1. The van der Waals surface area contributed by atoms with Gasteiger partial charge in [0, 0.05) is 6.42 Å². The highest BCUT2D eigenvalue weighted by Crippen LogP contribution is 2.25. The number of carbonyl (C=O) groups excluding carboxylic acids is 1. The molecule has 0 amide bonds. The van der Waals surface area contributed by atoms with Gasteiger partial charge in [0.05, 0.1) is 12.0 Å². The second kappa shape index (κ2) is 6.53. The minimum atomic E-state index is -0.390. The lowest BCUT2D eigenvalue weighted by Crippen LogP contribution is -2.01. The Morgan fingerprint density at radius 3 is 2.25 bits per heavy atom. The molecule has 2 rings (SSSR count). The van der Waals surface area contributed by atoms with Gasteiger partial charge in [-0.25, -0.2) is 0 Å². The van der Waals surface area contributed by atoms with Gasteiger partial charge in [0.1, 0.15) is 17.3 Å². The molecule has 0 aliphatic rings. The fourth-order valence-corrected chi connectivity index (χ4v) is 1.92. The van der Waals surface area contributed by atoms with Crippen LogP contribution in [0.2, 0.25) is 0 Å². The third-order valence-corrected chi connectivity index (χ3v) is 2.91. The molecular formula is C17H15NO2. The zero-order valence-electron chi connectivity index (χ0n) is 11.2. The quantitative estimate of drug-likeness (QED) is 0.819. The van der Waals surface area contributed by atoms with Gasteiger partial charge in [0.15, 0.2) is 0 Å². The van der Waals surface area contributed by atoms with Crippen LogP contribution in [-0.2, 0) is 4.79 Å². The second-order valence-electron chi connectivity index (χ2n) is 4.57. The number of hydrogen-bond donors (Lipinski definition) is 0. The molecule has 0 bridgehead atoms. The minimum absolute atomic E-state index is 0.0150. The maximum atomic E-state index is 11.1. The van der Waals surface area contributed by atoms with Crippen LogP contribution in [0, 0.1) is 11.3 Å². The lowest BCUT2D eigenvalue weighted by Gasteiger charge is -2.09. The Hall–Kier alpha value is -2.60. The molecule has 0 aromatic heterocycles. The van der Waals surface area contributed by atoms with Crippen LogP contribution in [0.1, 0.15) is 24.8 Å². The van der Waals surface area contributed by atoms with E-state index in [9.17, 15) is 4.79 Å². The first-order chi connectivity index (χ1) is 9.69. The first-order valence-electron chi connectivity index (χ1n) is 6.41. The van der Waals surface area contributed by atoms with E-state index in [1.165, 1.54) is 6.92 Å². The maximum absolute atomic E-state index is 11.1. The number of nitriles is 1. The van der Waals surface area contributed by atoms with Gasteiger partial charge in [-0.3, -0.25) is 4.79 Å². The van der Waals surface area contributed by atoms with Gasteiger partial charge in [-0.15, -0.1) is 0 Å². The van der Waals surface area contributed by atoms with Crippen molar-refractivity contribution >= 4 is 5.78 Å². The van der Waals surface area contributed by atoms with Crippen LogP contribution in [0.4, 0.5) is 0 Å².